The zero-order valence-electron chi connectivity index (χ0n) is 10.4. The number of aromatic nitrogens is 1. The molecule has 0 radical (unpaired) electrons. The molecular formula is C13H16N2O2S. The number of hydrogen-bond donors (Lipinski definition) is 2. The van der Waals surface area contributed by atoms with Gasteiger partial charge < -0.3 is 10.4 Å². The van der Waals surface area contributed by atoms with E-state index in [0.717, 1.165) is 16.5 Å². The van der Waals surface area contributed by atoms with Crippen LogP contribution in [-0.2, 0) is 4.79 Å². The van der Waals surface area contributed by atoms with Gasteiger partial charge in [0.15, 0.2) is 0 Å². The van der Waals surface area contributed by atoms with Gasteiger partial charge in [-0.05, 0) is 30.9 Å². The molecule has 2 N–H and O–H groups in total. The average molecular weight is 264 g/mol. The molecule has 0 saturated heterocycles. The van der Waals surface area contributed by atoms with E-state index in [9.17, 15) is 9.90 Å². The lowest BCUT2D eigenvalue weighted by molar-refractivity contribution is -0.142. The molecule has 18 heavy (non-hydrogen) atoms. The fourth-order valence-electron chi connectivity index (χ4n) is 1.98. The average Bonchev–Trinajstić information content (AvgIpc) is 2.78. The van der Waals surface area contributed by atoms with Crippen molar-refractivity contribution < 1.29 is 9.90 Å². The molecule has 96 valence electrons. The van der Waals surface area contributed by atoms with Gasteiger partial charge in [0.1, 0.15) is 11.4 Å². The predicted molar refractivity (Wildman–Crippen MR) is 74.2 cm³/mol. The normalized spacial score (nSPS) is 14.3. The number of carbonyl (C=O) groups is 1. The Kier molecular flexibility index (Phi) is 3.52. The van der Waals surface area contributed by atoms with E-state index in [2.05, 4.69) is 10.3 Å². The van der Waals surface area contributed by atoms with Crippen LogP contribution in [0.1, 0.15) is 26.7 Å². The maximum absolute atomic E-state index is 11.4. The van der Waals surface area contributed by atoms with Crippen LogP contribution in [0.3, 0.4) is 0 Å². The fraction of sp³-hybridized carbons (Fsp3) is 0.385. The van der Waals surface area contributed by atoms with Crippen LogP contribution >= 0.6 is 11.3 Å². The number of anilines is 1. The standard InChI is InChI=1S/C13H16N2O2S/c1-3-6-13(2,12(16)17)15-11-9-5-8-18-10(9)4-7-14-11/h4-5,7-8H,3,6H2,1-2H3,(H,14,15)(H,16,17). The smallest absolute Gasteiger partial charge is 0.329 e. The summed E-state index contributed by atoms with van der Waals surface area (Å²) in [5.74, 6) is -0.203. The molecule has 4 nitrogen and oxygen atoms in total. The molecule has 2 aromatic heterocycles. The Hall–Kier alpha value is -1.62. The van der Waals surface area contributed by atoms with Crippen molar-refractivity contribution in [3.63, 3.8) is 0 Å². The van der Waals surface area contributed by atoms with Gasteiger partial charge in [-0.2, -0.15) is 0 Å². The summed E-state index contributed by atoms with van der Waals surface area (Å²) in [6.45, 7) is 3.67. The van der Waals surface area contributed by atoms with Crippen LogP contribution in [-0.4, -0.2) is 21.6 Å². The van der Waals surface area contributed by atoms with Crippen LogP contribution in [0.15, 0.2) is 23.7 Å². The summed E-state index contributed by atoms with van der Waals surface area (Å²) in [6, 6.07) is 3.90. The molecule has 0 bridgehead atoms. The lowest BCUT2D eigenvalue weighted by Crippen LogP contribution is -2.43. The second kappa shape index (κ2) is 4.94. The third kappa shape index (κ3) is 2.31. The van der Waals surface area contributed by atoms with Gasteiger partial charge in [0.05, 0.1) is 0 Å². The molecule has 1 unspecified atom stereocenters. The first-order chi connectivity index (χ1) is 8.57. The van der Waals surface area contributed by atoms with Gasteiger partial charge in [0.2, 0.25) is 0 Å². The molecule has 0 aliphatic heterocycles. The molecule has 0 aromatic carbocycles. The molecule has 1 atom stereocenters. The van der Waals surface area contributed by atoms with Gasteiger partial charge in [0, 0.05) is 16.3 Å². The second-order valence-corrected chi connectivity index (χ2v) is 5.45. The molecule has 2 aromatic rings. The van der Waals surface area contributed by atoms with Crippen molar-refractivity contribution in [1.82, 2.24) is 4.98 Å². The number of nitrogens with one attached hydrogen (secondary N) is 1. The van der Waals surface area contributed by atoms with E-state index in [1.165, 1.54) is 0 Å². The third-order valence-corrected chi connectivity index (χ3v) is 3.88. The van der Waals surface area contributed by atoms with E-state index in [1.807, 2.05) is 24.4 Å². The van der Waals surface area contributed by atoms with Crippen LogP contribution in [0.4, 0.5) is 5.82 Å². The number of hydrogen-bond acceptors (Lipinski definition) is 4. The predicted octanol–water partition coefficient (Wildman–Crippen LogP) is 3.35. The van der Waals surface area contributed by atoms with E-state index in [-0.39, 0.29) is 0 Å². The lowest BCUT2D eigenvalue weighted by Gasteiger charge is -2.26. The van der Waals surface area contributed by atoms with Crippen molar-refractivity contribution in [2.45, 2.75) is 32.2 Å². The van der Waals surface area contributed by atoms with E-state index in [1.54, 1.807) is 24.5 Å². The SMILES string of the molecule is CCCC(C)(Nc1nccc2sccc12)C(=O)O. The number of aliphatic carboxylic acids is 1. The summed E-state index contributed by atoms with van der Waals surface area (Å²) < 4.78 is 1.11. The van der Waals surface area contributed by atoms with Crippen molar-refractivity contribution in [2.24, 2.45) is 0 Å². The number of carboxylic acids is 1. The van der Waals surface area contributed by atoms with Gasteiger partial charge >= 0.3 is 5.97 Å². The quantitative estimate of drug-likeness (QED) is 0.869. The minimum atomic E-state index is -0.974. The van der Waals surface area contributed by atoms with Crippen molar-refractivity contribution in [1.29, 1.82) is 0 Å². The highest BCUT2D eigenvalue weighted by molar-refractivity contribution is 7.17. The largest absolute Gasteiger partial charge is 0.480 e. The van der Waals surface area contributed by atoms with Gasteiger partial charge in [0.25, 0.3) is 0 Å². The molecule has 2 heterocycles. The van der Waals surface area contributed by atoms with Crippen LogP contribution in [0.25, 0.3) is 10.1 Å². The molecule has 0 fully saturated rings. The zero-order chi connectivity index (χ0) is 13.2. The highest BCUT2D eigenvalue weighted by atomic mass is 32.1. The van der Waals surface area contributed by atoms with Gasteiger partial charge in [-0.3, -0.25) is 0 Å². The summed E-state index contributed by atoms with van der Waals surface area (Å²) in [6.07, 6.45) is 3.06. The molecule has 0 amide bonds. The second-order valence-electron chi connectivity index (χ2n) is 4.50. The Morgan fingerprint density at radius 2 is 2.33 bits per heavy atom. The summed E-state index contributed by atoms with van der Waals surface area (Å²) in [4.78, 5) is 15.7. The monoisotopic (exact) mass is 264 g/mol. The number of fused-ring (bicyclic) bond motifs is 1. The number of carboxylic acid groups (broad SMARTS) is 1. The van der Waals surface area contributed by atoms with Crippen LogP contribution < -0.4 is 5.32 Å². The molecule has 0 aliphatic rings. The summed E-state index contributed by atoms with van der Waals surface area (Å²) >= 11 is 1.62. The first-order valence-corrected chi connectivity index (χ1v) is 6.78. The summed E-state index contributed by atoms with van der Waals surface area (Å²) in [5.41, 5.74) is -0.974. The minimum Gasteiger partial charge on any atom is -0.480 e. The maximum atomic E-state index is 11.4. The number of thiophene rings is 1. The van der Waals surface area contributed by atoms with E-state index in [4.69, 9.17) is 0 Å². The molecule has 0 spiro atoms. The molecule has 5 heteroatoms. The van der Waals surface area contributed by atoms with E-state index < -0.39 is 11.5 Å². The first-order valence-electron chi connectivity index (χ1n) is 5.90. The molecule has 0 aliphatic carbocycles. The number of pyridine rings is 1. The third-order valence-electron chi connectivity index (χ3n) is 3.00. The minimum absolute atomic E-state index is 0.560. The Labute approximate surface area is 110 Å². The molecule has 0 saturated carbocycles. The van der Waals surface area contributed by atoms with Crippen molar-refractivity contribution >= 4 is 33.2 Å². The number of rotatable bonds is 5. The molecular weight excluding hydrogens is 248 g/mol. The topological polar surface area (TPSA) is 62.2 Å². The van der Waals surface area contributed by atoms with E-state index in [0.29, 0.717) is 12.2 Å². The Bertz CT molecular complexity index is 567. The van der Waals surface area contributed by atoms with Gasteiger partial charge in [-0.25, -0.2) is 9.78 Å². The summed E-state index contributed by atoms with van der Waals surface area (Å²) in [7, 11) is 0. The lowest BCUT2D eigenvalue weighted by atomic mass is 9.96. The van der Waals surface area contributed by atoms with Gasteiger partial charge in [-0.1, -0.05) is 13.3 Å². The fourth-order valence-corrected chi connectivity index (χ4v) is 2.76. The summed E-state index contributed by atoms with van der Waals surface area (Å²) in [5, 5.41) is 15.4. The zero-order valence-corrected chi connectivity index (χ0v) is 11.3. The van der Waals surface area contributed by atoms with Crippen molar-refractivity contribution in [2.75, 3.05) is 5.32 Å². The highest BCUT2D eigenvalue weighted by Crippen LogP contribution is 2.29. The van der Waals surface area contributed by atoms with E-state index >= 15 is 0 Å². The van der Waals surface area contributed by atoms with Crippen LogP contribution in [0.2, 0.25) is 0 Å². The Morgan fingerprint density at radius 3 is 3.00 bits per heavy atom. The molecule has 2 rings (SSSR count). The van der Waals surface area contributed by atoms with Gasteiger partial charge in [-0.15, -0.1) is 11.3 Å². The van der Waals surface area contributed by atoms with Crippen LogP contribution in [0.5, 0.6) is 0 Å². The first kappa shape index (κ1) is 12.8. The van der Waals surface area contributed by atoms with Crippen molar-refractivity contribution in [3.05, 3.63) is 23.7 Å². The van der Waals surface area contributed by atoms with Crippen molar-refractivity contribution in [3.8, 4) is 0 Å². The Morgan fingerprint density at radius 1 is 1.56 bits per heavy atom. The highest BCUT2D eigenvalue weighted by Gasteiger charge is 2.32. The maximum Gasteiger partial charge on any atom is 0.329 e. The van der Waals surface area contributed by atoms with Crippen LogP contribution in [0, 0.1) is 0 Å². The Balaban J connectivity index is 2.37. The number of nitrogens with zero attached hydrogens (tertiary/aromatic N) is 1.